The van der Waals surface area contributed by atoms with Crippen molar-refractivity contribution in [3.63, 3.8) is 0 Å². The number of phenols is 2. The SMILES string of the molecule is O=C(c1c2c(O)c(-c3ccccc3)c(-c3ccccc3)c1OCO2)C(O)[C@H]1O[C@@H](OCc2ccccc2[N+](=O)[O-])[C@@](O)(C(=O)c2cc(OCc3ccccc3)c(OCc3ccccc3)c(OCc3ccccc3)c2)[C@](O)(C(=O)c2cc(OCc3ccccc3)c(OCc3ccccc3)c(OCc3ccccc3)c2)[C@@]1(O)C(=O)c1c2c(O)c(-c3ccccc3)c(-c3ccccc3)c1OCO2. The van der Waals surface area contributed by atoms with Crippen LogP contribution in [-0.2, 0) is 55.7 Å². The highest BCUT2D eigenvalue weighted by molar-refractivity contribution is 6.22. The van der Waals surface area contributed by atoms with Crippen LogP contribution in [-0.4, -0.2) is 108 Å². The molecule has 0 aromatic heterocycles. The molecule has 3 aliphatic heterocycles. The zero-order chi connectivity index (χ0) is 92.5. The van der Waals surface area contributed by atoms with Gasteiger partial charge in [-0.3, -0.25) is 29.3 Å². The number of carbonyl (C=O) groups is 4. The highest BCUT2D eigenvalue weighted by Crippen LogP contribution is 2.61. The van der Waals surface area contributed by atoms with Crippen LogP contribution in [0.3, 0.4) is 0 Å². The molecular weight excluding hydrogens is 1710 g/mol. The highest BCUT2D eigenvalue weighted by Gasteiger charge is 2.83. The summed E-state index contributed by atoms with van der Waals surface area (Å²) in [5.74, 6) is -13.7. The second-order valence-corrected chi connectivity index (χ2v) is 31.9. The maximum absolute atomic E-state index is 18.6. The van der Waals surface area contributed by atoms with E-state index < -0.39 is 146 Å². The lowest BCUT2D eigenvalue weighted by molar-refractivity contribution is -0.387. The first-order valence-corrected chi connectivity index (χ1v) is 42.9. The largest absolute Gasteiger partial charge is 0.504 e. The average molecular weight is 1790 g/mol. The molecule has 134 heavy (non-hydrogen) atoms. The summed E-state index contributed by atoms with van der Waals surface area (Å²) < 4.78 is 79.7. The average Bonchev–Trinajstić information content (AvgIpc) is 0.665. The van der Waals surface area contributed by atoms with Crippen LogP contribution in [0.4, 0.5) is 5.69 Å². The third-order valence-corrected chi connectivity index (χ3v) is 23.6. The van der Waals surface area contributed by atoms with Gasteiger partial charge in [-0.15, -0.1) is 0 Å². The number of ketones is 4. The van der Waals surface area contributed by atoms with E-state index >= 15 is 34.5 Å². The minimum absolute atomic E-state index is 0.0146. The smallest absolute Gasteiger partial charge is 0.274 e. The van der Waals surface area contributed by atoms with E-state index in [1.54, 1.807) is 303 Å². The summed E-state index contributed by atoms with van der Waals surface area (Å²) in [6, 6.07) is 95.0. The number of aromatic hydroxyl groups is 2. The molecule has 1 fully saturated rings. The quantitative estimate of drug-likeness (QED) is 0.0122. The predicted molar refractivity (Wildman–Crippen MR) is 492 cm³/mol. The van der Waals surface area contributed by atoms with Crippen molar-refractivity contribution in [1.82, 2.24) is 0 Å². The van der Waals surface area contributed by atoms with Gasteiger partial charge in [-0.1, -0.05) is 315 Å². The number of aliphatic hydroxyl groups is 4. The zero-order valence-electron chi connectivity index (χ0n) is 71.6. The van der Waals surface area contributed by atoms with E-state index in [2.05, 4.69) is 0 Å². The standard InChI is InChI=1S/C109H85NO24/c111-92(90-98-88(76-49-27-9-28-50-76)86(74-45-23-7-24-46-74)93(112)100(90)132-66-130-98)95(114)105-107(118,104(117)91-99-89(77-51-29-10-30-52-77)87(75-47-25-8-26-48-75)94(113)101(91)133-67-131-99)109(120,103(116)80-57-84(125-61-70-37-15-3-16-38-70)97(128-64-73-43-21-6-22-44-73)85(58-80)126-62-71-39-17-4-18-40-71)108(119,106(134-105)129-65-78-53-31-32-54-81(78)110(121)122)102(115)79-55-82(123-59-68-33-11-1-12-34-68)96(127-63-72-41-19-5-20-42-72)83(56-79)124-60-69-35-13-2-14-36-69/h1-58,95,105-106,112-114,118-120H,59-67H2/t95?,105-,106-,107-,108+,109+/m1/s1. The molecule has 3 heterocycles. The first-order valence-electron chi connectivity index (χ1n) is 42.9. The van der Waals surface area contributed by atoms with Crippen LogP contribution in [0.2, 0.25) is 0 Å². The summed E-state index contributed by atoms with van der Waals surface area (Å²) >= 11 is 0. The number of Topliss-reactive ketones (excluding diaryl/α,β-unsaturated/α-hetero) is 4. The molecule has 3 aliphatic rings. The number of carbonyl (C=O) groups excluding carboxylic acids is 4. The molecule has 6 N–H and O–H groups in total. The number of para-hydroxylation sites is 1. The van der Waals surface area contributed by atoms with Crippen molar-refractivity contribution in [3.05, 3.63) is 423 Å². The van der Waals surface area contributed by atoms with Gasteiger partial charge in [-0.05, 0) is 86.0 Å². The fraction of sp³-hybridized carbons (Fsp3) is 0.138. The Morgan fingerprint density at radius 1 is 0.358 bits per heavy atom. The van der Waals surface area contributed by atoms with E-state index in [1.807, 2.05) is 0 Å². The Labute approximate surface area is 768 Å². The molecule has 15 aromatic rings. The third-order valence-electron chi connectivity index (χ3n) is 23.6. The van der Waals surface area contributed by atoms with Gasteiger partial charge in [0, 0.05) is 39.4 Å². The van der Waals surface area contributed by atoms with Crippen LogP contribution in [0, 0.1) is 10.1 Å². The summed E-state index contributed by atoms with van der Waals surface area (Å²) in [4.78, 5) is 85.2. The molecule has 1 saturated heterocycles. The third kappa shape index (κ3) is 17.2. The Morgan fingerprint density at radius 3 is 1.01 bits per heavy atom. The lowest BCUT2D eigenvalue weighted by Crippen LogP contribution is -2.88. The molecule has 15 aromatic carbocycles. The van der Waals surface area contributed by atoms with Crippen LogP contribution in [0.15, 0.2) is 352 Å². The van der Waals surface area contributed by atoms with Gasteiger partial charge in [0.05, 0.1) is 17.1 Å². The van der Waals surface area contributed by atoms with Crippen molar-refractivity contribution >= 4 is 28.8 Å². The van der Waals surface area contributed by atoms with Gasteiger partial charge in [-0.25, -0.2) is 0 Å². The van der Waals surface area contributed by atoms with Gasteiger partial charge in [0.2, 0.25) is 59.4 Å². The Bertz CT molecular complexity index is 6680. The number of nitro groups is 1. The number of hydrogen-bond acceptors (Lipinski definition) is 24. The molecule has 18 rings (SSSR count). The number of hydrogen-bond donors (Lipinski definition) is 6. The van der Waals surface area contributed by atoms with Gasteiger partial charge in [0.25, 0.3) is 5.69 Å². The summed E-state index contributed by atoms with van der Waals surface area (Å²) in [7, 11) is 0. The molecule has 0 aliphatic carbocycles. The topological polar surface area (TPSA) is 344 Å². The van der Waals surface area contributed by atoms with Crippen LogP contribution in [0.25, 0.3) is 44.5 Å². The number of rotatable bonds is 35. The maximum atomic E-state index is 18.6. The van der Waals surface area contributed by atoms with Crippen LogP contribution in [0.5, 0.6) is 69.0 Å². The number of fused-ring (bicyclic) bond motifs is 4. The summed E-state index contributed by atoms with van der Waals surface area (Å²) in [5.41, 5.74) is -14.7. The Hall–Kier alpha value is -16.3. The Balaban J connectivity index is 0.958. The number of phenolic OH excluding ortho intramolecular Hbond substituents is 2. The number of aliphatic hydroxyl groups excluding tert-OH is 1. The van der Waals surface area contributed by atoms with E-state index in [0.29, 0.717) is 44.5 Å². The summed E-state index contributed by atoms with van der Waals surface area (Å²) in [6.07, 6.45) is -10.1. The lowest BCUT2D eigenvalue weighted by atomic mass is 9.57. The molecule has 0 saturated carbocycles. The molecule has 6 atom stereocenters. The van der Waals surface area contributed by atoms with Gasteiger partial charge in [0.1, 0.15) is 74.5 Å². The van der Waals surface area contributed by atoms with E-state index in [4.69, 9.17) is 56.8 Å². The molecule has 0 amide bonds. The number of nitro benzene ring substituents is 1. The second-order valence-electron chi connectivity index (χ2n) is 31.9. The van der Waals surface area contributed by atoms with Crippen LogP contribution in [0.1, 0.15) is 80.4 Å². The van der Waals surface area contributed by atoms with E-state index in [1.165, 1.54) is 18.2 Å². The summed E-state index contributed by atoms with van der Waals surface area (Å²) in [6.45, 7) is -4.34. The number of benzene rings is 15. The van der Waals surface area contributed by atoms with Gasteiger partial charge in [-0.2, -0.15) is 0 Å². The van der Waals surface area contributed by atoms with Gasteiger partial charge in [0.15, 0.2) is 57.9 Å². The van der Waals surface area contributed by atoms with Crippen LogP contribution >= 0.6 is 0 Å². The normalized spacial score (nSPS) is 17.0. The first-order chi connectivity index (χ1) is 65.4. The molecule has 0 spiro atoms. The molecule has 670 valence electrons. The van der Waals surface area contributed by atoms with E-state index in [-0.39, 0.29) is 113 Å². The fourth-order valence-corrected chi connectivity index (χ4v) is 17.0. The van der Waals surface area contributed by atoms with Gasteiger partial charge >= 0.3 is 0 Å². The predicted octanol–water partition coefficient (Wildman–Crippen LogP) is 18.9. The monoisotopic (exact) mass is 1790 g/mol. The highest BCUT2D eigenvalue weighted by atomic mass is 16.7. The first kappa shape index (κ1) is 88.4. The fourth-order valence-electron chi connectivity index (χ4n) is 17.0. The Kier molecular flexibility index (Phi) is 25.6. The summed E-state index contributed by atoms with van der Waals surface area (Å²) in [5, 5.41) is 102. The molecule has 25 heteroatoms. The molecular formula is C109H85NO24. The van der Waals surface area contributed by atoms with Gasteiger partial charge < -0.3 is 87.5 Å². The van der Waals surface area contributed by atoms with Crippen molar-refractivity contribution in [1.29, 1.82) is 0 Å². The molecule has 0 radical (unpaired) electrons. The minimum Gasteiger partial charge on any atom is -0.504 e. The van der Waals surface area contributed by atoms with E-state index in [9.17, 15) is 25.4 Å². The van der Waals surface area contributed by atoms with E-state index in [0.717, 1.165) is 30.3 Å². The van der Waals surface area contributed by atoms with Crippen molar-refractivity contribution in [3.8, 4) is 114 Å². The van der Waals surface area contributed by atoms with Crippen molar-refractivity contribution in [2.24, 2.45) is 0 Å². The molecule has 25 nitrogen and oxygen atoms in total. The molecule has 4 bridgehead atoms. The maximum Gasteiger partial charge on any atom is 0.274 e. The second kappa shape index (κ2) is 38.8. The van der Waals surface area contributed by atoms with Crippen LogP contribution < -0.4 is 47.4 Å². The molecule has 1 unspecified atom stereocenters. The number of ether oxygens (including phenoxy) is 12. The van der Waals surface area contributed by atoms with Crippen molar-refractivity contribution in [2.45, 2.75) is 81.5 Å². The minimum atomic E-state index is -4.98. The Morgan fingerprint density at radius 2 is 0.657 bits per heavy atom. The van der Waals surface area contributed by atoms with Crippen molar-refractivity contribution < 1.29 is 112 Å². The number of nitrogens with zero attached hydrogens (tertiary/aromatic N) is 1. The van der Waals surface area contributed by atoms with Crippen molar-refractivity contribution in [2.75, 3.05) is 13.6 Å². The lowest BCUT2D eigenvalue weighted by Gasteiger charge is -2.58. The zero-order valence-corrected chi connectivity index (χ0v) is 71.6.